The summed E-state index contributed by atoms with van der Waals surface area (Å²) in [6.07, 6.45) is -0.719. The van der Waals surface area contributed by atoms with Crippen LogP contribution in [0.4, 0.5) is 4.79 Å². The summed E-state index contributed by atoms with van der Waals surface area (Å²) in [7, 11) is 1.22. The molecule has 0 spiro atoms. The number of benzene rings is 1. The van der Waals surface area contributed by atoms with Gasteiger partial charge in [0.15, 0.2) is 0 Å². The molecule has 0 fully saturated rings. The van der Waals surface area contributed by atoms with Gasteiger partial charge in [-0.15, -0.1) is 0 Å². The van der Waals surface area contributed by atoms with Crippen LogP contribution in [0.25, 0.3) is 0 Å². The number of halogens is 1. The molecule has 0 radical (unpaired) electrons. The summed E-state index contributed by atoms with van der Waals surface area (Å²) in [6.45, 7) is 0.0532. The number of carbonyl (C=O) groups is 2. The van der Waals surface area contributed by atoms with E-state index in [4.69, 9.17) is 10.5 Å². The van der Waals surface area contributed by atoms with Crippen LogP contribution >= 0.6 is 15.9 Å². The van der Waals surface area contributed by atoms with Gasteiger partial charge in [-0.25, -0.2) is 9.59 Å². The van der Waals surface area contributed by atoms with E-state index >= 15 is 0 Å². The van der Waals surface area contributed by atoms with Crippen molar-refractivity contribution in [1.29, 1.82) is 0 Å². The second kappa shape index (κ2) is 7.75. The van der Waals surface area contributed by atoms with Crippen LogP contribution in [0.2, 0.25) is 0 Å². The quantitative estimate of drug-likeness (QED) is 0.791. The molecule has 0 heterocycles. The van der Waals surface area contributed by atoms with Crippen LogP contribution in [0.3, 0.4) is 0 Å². The Morgan fingerprint density at radius 3 is 2.53 bits per heavy atom. The number of ether oxygens (including phenoxy) is 2. The maximum absolute atomic E-state index is 11.5. The first-order valence-electron chi connectivity index (χ1n) is 5.52. The molecule has 0 aromatic heterocycles. The third-order valence-electron chi connectivity index (χ3n) is 2.30. The molecule has 1 atom stereocenters. The monoisotopic (exact) mass is 330 g/mol. The van der Waals surface area contributed by atoms with Gasteiger partial charge < -0.3 is 20.5 Å². The number of amides is 1. The van der Waals surface area contributed by atoms with E-state index in [9.17, 15) is 9.59 Å². The van der Waals surface area contributed by atoms with Crippen molar-refractivity contribution in [1.82, 2.24) is 5.32 Å². The molecular formula is C12H15BrN2O4. The molecule has 0 aliphatic heterocycles. The zero-order valence-electron chi connectivity index (χ0n) is 10.4. The largest absolute Gasteiger partial charge is 0.467 e. The molecular weight excluding hydrogens is 316 g/mol. The molecule has 1 amide bonds. The van der Waals surface area contributed by atoms with Crippen molar-refractivity contribution in [2.45, 2.75) is 12.6 Å². The highest BCUT2D eigenvalue weighted by Gasteiger charge is 2.20. The lowest BCUT2D eigenvalue weighted by atomic mass is 10.2. The lowest BCUT2D eigenvalue weighted by Gasteiger charge is -2.14. The number of alkyl carbamates (subject to hydrolysis) is 1. The van der Waals surface area contributed by atoms with Gasteiger partial charge in [-0.2, -0.15) is 0 Å². The first-order valence-corrected chi connectivity index (χ1v) is 6.31. The van der Waals surface area contributed by atoms with E-state index in [1.165, 1.54) is 7.11 Å². The molecule has 1 aromatic rings. The smallest absolute Gasteiger partial charge is 0.408 e. The second-order valence-corrected chi connectivity index (χ2v) is 4.57. The third-order valence-corrected chi connectivity index (χ3v) is 2.83. The van der Waals surface area contributed by atoms with E-state index in [1.807, 2.05) is 24.3 Å². The van der Waals surface area contributed by atoms with Gasteiger partial charge in [-0.3, -0.25) is 0 Å². The van der Waals surface area contributed by atoms with Gasteiger partial charge in [-0.05, 0) is 17.7 Å². The van der Waals surface area contributed by atoms with Gasteiger partial charge in [0.2, 0.25) is 0 Å². The SMILES string of the molecule is COC(=O)[C@H](CN)NC(=O)OCc1ccc(Br)cc1. The Bertz CT molecular complexity index is 436. The minimum Gasteiger partial charge on any atom is -0.467 e. The Balaban J connectivity index is 2.42. The van der Waals surface area contributed by atoms with Crippen LogP contribution in [0.1, 0.15) is 5.56 Å². The Hall–Kier alpha value is -1.60. The minimum absolute atomic E-state index is 0.0555. The van der Waals surface area contributed by atoms with Gasteiger partial charge in [-0.1, -0.05) is 28.1 Å². The number of esters is 1. The summed E-state index contributed by atoms with van der Waals surface area (Å²) in [5.74, 6) is -0.608. The average Bonchev–Trinajstić information content (AvgIpc) is 2.43. The Labute approximate surface area is 119 Å². The lowest BCUT2D eigenvalue weighted by Crippen LogP contribution is -2.46. The fourth-order valence-electron chi connectivity index (χ4n) is 1.27. The van der Waals surface area contributed by atoms with E-state index in [1.54, 1.807) is 0 Å². The summed E-state index contributed by atoms with van der Waals surface area (Å²) in [4.78, 5) is 22.7. The van der Waals surface area contributed by atoms with E-state index in [2.05, 4.69) is 26.0 Å². The molecule has 1 aromatic carbocycles. The molecule has 0 aliphatic carbocycles. The maximum Gasteiger partial charge on any atom is 0.408 e. The fourth-order valence-corrected chi connectivity index (χ4v) is 1.53. The van der Waals surface area contributed by atoms with Crippen molar-refractivity contribution >= 4 is 28.0 Å². The number of nitrogens with two attached hydrogens (primary N) is 1. The van der Waals surface area contributed by atoms with Crippen LogP contribution in [-0.2, 0) is 20.9 Å². The fraction of sp³-hybridized carbons (Fsp3) is 0.333. The van der Waals surface area contributed by atoms with Crippen LogP contribution in [0.5, 0.6) is 0 Å². The molecule has 0 unspecified atom stereocenters. The van der Waals surface area contributed by atoms with Crippen molar-refractivity contribution in [2.24, 2.45) is 5.73 Å². The normalized spacial score (nSPS) is 11.5. The van der Waals surface area contributed by atoms with E-state index in [0.717, 1.165) is 10.0 Å². The predicted molar refractivity (Wildman–Crippen MR) is 72.3 cm³/mol. The van der Waals surface area contributed by atoms with Crippen LogP contribution in [-0.4, -0.2) is 31.8 Å². The molecule has 0 saturated carbocycles. The van der Waals surface area contributed by atoms with Crippen molar-refractivity contribution in [3.8, 4) is 0 Å². The molecule has 104 valence electrons. The summed E-state index contributed by atoms with van der Waals surface area (Å²) >= 11 is 3.31. The van der Waals surface area contributed by atoms with Gasteiger partial charge in [0.1, 0.15) is 12.6 Å². The molecule has 0 saturated heterocycles. The van der Waals surface area contributed by atoms with E-state index in [0.29, 0.717) is 0 Å². The molecule has 19 heavy (non-hydrogen) atoms. The molecule has 6 nitrogen and oxygen atoms in total. The summed E-state index contributed by atoms with van der Waals surface area (Å²) in [5.41, 5.74) is 6.18. The van der Waals surface area contributed by atoms with Crippen LogP contribution in [0, 0.1) is 0 Å². The molecule has 1 rings (SSSR count). The zero-order valence-corrected chi connectivity index (χ0v) is 12.0. The van der Waals surface area contributed by atoms with Gasteiger partial charge in [0, 0.05) is 11.0 Å². The third kappa shape index (κ3) is 5.27. The van der Waals surface area contributed by atoms with Crippen LogP contribution < -0.4 is 11.1 Å². The topological polar surface area (TPSA) is 90.6 Å². The average molecular weight is 331 g/mol. The second-order valence-electron chi connectivity index (χ2n) is 3.66. The van der Waals surface area contributed by atoms with E-state index < -0.39 is 18.1 Å². The number of methoxy groups -OCH3 is 1. The van der Waals surface area contributed by atoms with Gasteiger partial charge in [0.25, 0.3) is 0 Å². The maximum atomic E-state index is 11.5. The van der Waals surface area contributed by atoms with Crippen molar-refractivity contribution in [2.75, 3.05) is 13.7 Å². The molecule has 0 aliphatic rings. The molecule has 3 N–H and O–H groups in total. The highest BCUT2D eigenvalue weighted by atomic mass is 79.9. The summed E-state index contributed by atoms with van der Waals surface area (Å²) in [6, 6.07) is 6.42. The minimum atomic E-state index is -0.901. The number of rotatable bonds is 5. The zero-order chi connectivity index (χ0) is 14.3. The highest BCUT2D eigenvalue weighted by Crippen LogP contribution is 2.11. The highest BCUT2D eigenvalue weighted by molar-refractivity contribution is 9.10. The molecule has 7 heteroatoms. The number of nitrogens with one attached hydrogen (secondary N) is 1. The first-order chi connectivity index (χ1) is 9.06. The Morgan fingerprint density at radius 1 is 1.37 bits per heavy atom. The Kier molecular flexibility index (Phi) is 6.31. The Morgan fingerprint density at radius 2 is 2.00 bits per heavy atom. The summed E-state index contributed by atoms with van der Waals surface area (Å²) < 4.78 is 10.4. The van der Waals surface area contributed by atoms with E-state index in [-0.39, 0.29) is 13.2 Å². The number of hydrogen-bond donors (Lipinski definition) is 2. The van der Waals surface area contributed by atoms with Crippen molar-refractivity contribution < 1.29 is 19.1 Å². The summed E-state index contributed by atoms with van der Waals surface area (Å²) in [5, 5.41) is 2.33. The standard InChI is InChI=1S/C12H15BrN2O4/c1-18-11(16)10(6-14)15-12(17)19-7-8-2-4-9(13)5-3-8/h2-5,10H,6-7,14H2,1H3,(H,15,17)/t10-/m0/s1. The predicted octanol–water partition coefficient (Wildman–Crippen LogP) is 1.18. The van der Waals surface area contributed by atoms with Gasteiger partial charge in [0.05, 0.1) is 7.11 Å². The van der Waals surface area contributed by atoms with Crippen LogP contribution in [0.15, 0.2) is 28.7 Å². The van der Waals surface area contributed by atoms with Crippen molar-refractivity contribution in [3.63, 3.8) is 0 Å². The van der Waals surface area contributed by atoms with Gasteiger partial charge >= 0.3 is 12.1 Å². The number of carbonyl (C=O) groups excluding carboxylic acids is 2. The first kappa shape index (κ1) is 15.5. The lowest BCUT2D eigenvalue weighted by molar-refractivity contribution is -0.142. The molecule has 0 bridgehead atoms. The van der Waals surface area contributed by atoms with Crippen molar-refractivity contribution in [3.05, 3.63) is 34.3 Å². The number of hydrogen-bond acceptors (Lipinski definition) is 5.